The summed E-state index contributed by atoms with van der Waals surface area (Å²) in [6.07, 6.45) is 2.61. The molecule has 1 N–H and O–H groups in total. The summed E-state index contributed by atoms with van der Waals surface area (Å²) in [6, 6.07) is 26.5. The molecule has 1 saturated heterocycles. The number of carbonyl (C=O) groups excluding carboxylic acids is 2. The van der Waals surface area contributed by atoms with E-state index >= 15 is 0 Å². The molecule has 0 aromatic heterocycles. The molecule has 5 rings (SSSR count). The number of fused-ring (bicyclic) bond motifs is 1. The van der Waals surface area contributed by atoms with Gasteiger partial charge in [-0.3, -0.25) is 4.79 Å². The van der Waals surface area contributed by atoms with Crippen LogP contribution in [0.15, 0.2) is 97.1 Å². The highest BCUT2D eigenvalue weighted by Crippen LogP contribution is 2.43. The van der Waals surface area contributed by atoms with E-state index in [0.717, 1.165) is 11.1 Å². The number of hydrogen-bond donors (Lipinski definition) is 1. The largest absolute Gasteiger partial charge is 0.491 e. The summed E-state index contributed by atoms with van der Waals surface area (Å²) in [5.41, 5.74) is 2.55. The van der Waals surface area contributed by atoms with Gasteiger partial charge in [-0.05, 0) is 35.4 Å². The van der Waals surface area contributed by atoms with Gasteiger partial charge in [0.15, 0.2) is 0 Å². The van der Waals surface area contributed by atoms with Crippen LogP contribution < -0.4 is 4.74 Å². The molecule has 0 unspecified atom stereocenters. The van der Waals surface area contributed by atoms with Crippen LogP contribution in [-0.2, 0) is 14.3 Å². The number of aliphatic hydroxyl groups excluding tert-OH is 1. The van der Waals surface area contributed by atoms with Crippen LogP contribution in [0.25, 0.3) is 11.1 Å². The highest BCUT2D eigenvalue weighted by Gasteiger charge is 2.50. The van der Waals surface area contributed by atoms with Crippen LogP contribution in [0.2, 0.25) is 0 Å². The van der Waals surface area contributed by atoms with Crippen LogP contribution >= 0.6 is 0 Å². The van der Waals surface area contributed by atoms with E-state index < -0.39 is 18.2 Å². The molecule has 0 radical (unpaired) electrons. The average Bonchev–Trinajstić information content (AvgIpc) is 3.42. The van der Waals surface area contributed by atoms with Crippen molar-refractivity contribution in [3.8, 4) is 16.9 Å². The van der Waals surface area contributed by atoms with Crippen molar-refractivity contribution in [1.82, 2.24) is 0 Å². The first kappa shape index (κ1) is 23.8. The van der Waals surface area contributed by atoms with Gasteiger partial charge in [0.05, 0.1) is 12.0 Å². The molecular weight excluding hydrogens is 456 g/mol. The molecule has 5 atom stereocenters. The number of benzene rings is 3. The fourth-order valence-corrected chi connectivity index (χ4v) is 4.94. The van der Waals surface area contributed by atoms with Crippen LogP contribution in [0.4, 0.5) is 0 Å². The van der Waals surface area contributed by atoms with Crippen LogP contribution in [0, 0.1) is 11.8 Å². The summed E-state index contributed by atoms with van der Waals surface area (Å²) in [6.45, 7) is 0.0922. The molecule has 6 heteroatoms. The van der Waals surface area contributed by atoms with Gasteiger partial charge in [0.1, 0.15) is 30.7 Å². The van der Waals surface area contributed by atoms with Crippen molar-refractivity contribution >= 4 is 11.9 Å². The minimum Gasteiger partial charge on any atom is -0.491 e. The molecule has 1 heterocycles. The van der Waals surface area contributed by atoms with Crippen molar-refractivity contribution in [2.24, 2.45) is 11.8 Å². The van der Waals surface area contributed by atoms with Crippen molar-refractivity contribution in [1.29, 1.82) is 0 Å². The Morgan fingerprint density at radius 1 is 0.972 bits per heavy atom. The first-order valence-electron chi connectivity index (χ1n) is 12.2. The van der Waals surface area contributed by atoms with E-state index in [9.17, 15) is 14.7 Å². The Kier molecular flexibility index (Phi) is 7.14. The molecule has 2 aliphatic rings. The van der Waals surface area contributed by atoms with Gasteiger partial charge in [0.25, 0.3) is 0 Å². The maximum absolute atomic E-state index is 13.0. The quantitative estimate of drug-likeness (QED) is 0.364. The molecule has 0 bridgehead atoms. The van der Waals surface area contributed by atoms with Crippen molar-refractivity contribution in [2.75, 3.05) is 6.61 Å². The summed E-state index contributed by atoms with van der Waals surface area (Å²) in [7, 11) is 0. The van der Waals surface area contributed by atoms with Crippen molar-refractivity contribution < 1.29 is 28.9 Å². The molecule has 0 spiro atoms. The van der Waals surface area contributed by atoms with E-state index in [1.807, 2.05) is 78.9 Å². The average molecular weight is 485 g/mol. The third kappa shape index (κ3) is 5.50. The van der Waals surface area contributed by atoms with Crippen molar-refractivity contribution in [2.45, 2.75) is 31.2 Å². The monoisotopic (exact) mass is 484 g/mol. The van der Waals surface area contributed by atoms with Crippen LogP contribution in [0.1, 0.15) is 23.2 Å². The number of aliphatic hydroxyl groups is 1. The second kappa shape index (κ2) is 10.8. The molecular formula is C30H28O6. The zero-order valence-corrected chi connectivity index (χ0v) is 19.7. The van der Waals surface area contributed by atoms with E-state index in [4.69, 9.17) is 14.2 Å². The smallest absolute Gasteiger partial charge is 0.338 e. The molecule has 1 saturated carbocycles. The Balaban J connectivity index is 1.24. The molecule has 3 aromatic rings. The number of para-hydroxylation sites is 1. The van der Waals surface area contributed by atoms with Gasteiger partial charge in [-0.1, -0.05) is 72.8 Å². The maximum atomic E-state index is 13.0. The first-order chi connectivity index (χ1) is 17.6. The number of esters is 2. The summed E-state index contributed by atoms with van der Waals surface area (Å²) in [4.78, 5) is 24.8. The van der Waals surface area contributed by atoms with E-state index in [1.54, 1.807) is 18.2 Å². The summed E-state index contributed by atoms with van der Waals surface area (Å²) < 4.78 is 17.0. The van der Waals surface area contributed by atoms with Crippen molar-refractivity contribution in [3.05, 3.63) is 103 Å². The minimum atomic E-state index is -0.843. The van der Waals surface area contributed by atoms with Crippen LogP contribution in [0.5, 0.6) is 5.75 Å². The summed E-state index contributed by atoms with van der Waals surface area (Å²) in [5.74, 6) is -0.310. The third-order valence-corrected chi connectivity index (χ3v) is 6.76. The lowest BCUT2D eigenvalue weighted by molar-refractivity contribution is -0.141. The standard InChI is InChI=1S/C30H28O6/c31-23(19-34-24-9-5-2-6-10-24)15-16-25-26-17-29(32)35-28(26)18-27(25)36-30(33)22-13-11-21(12-14-22)20-7-3-1-4-8-20/h1-16,23,25-28,31H,17-19H2/b16-15+/t23-,25+,26+,27+,28-/m0/s1. The van der Waals surface area contributed by atoms with Crippen LogP contribution in [-0.4, -0.2) is 42.0 Å². The Bertz CT molecular complexity index is 1210. The van der Waals surface area contributed by atoms with Gasteiger partial charge < -0.3 is 19.3 Å². The predicted molar refractivity (Wildman–Crippen MR) is 134 cm³/mol. The van der Waals surface area contributed by atoms with E-state index in [0.29, 0.717) is 17.7 Å². The molecule has 184 valence electrons. The van der Waals surface area contributed by atoms with Gasteiger partial charge in [-0.2, -0.15) is 0 Å². The van der Waals surface area contributed by atoms with E-state index in [-0.39, 0.29) is 36.9 Å². The first-order valence-corrected chi connectivity index (χ1v) is 12.2. The number of rotatable bonds is 8. The zero-order valence-electron chi connectivity index (χ0n) is 19.7. The Hall–Kier alpha value is -3.90. The fraction of sp³-hybridized carbons (Fsp3) is 0.267. The SMILES string of the molecule is O=C1C[C@@H]2[C@@H](/C=C/[C@H](O)COc3ccccc3)[C@H](OC(=O)c3ccc(-c4ccccc4)cc3)C[C@@H]2O1. The van der Waals surface area contributed by atoms with Gasteiger partial charge in [0, 0.05) is 18.3 Å². The normalized spacial score (nSPS) is 23.8. The Morgan fingerprint density at radius 2 is 1.64 bits per heavy atom. The lowest BCUT2D eigenvalue weighted by Crippen LogP contribution is -2.25. The fourth-order valence-electron chi connectivity index (χ4n) is 4.94. The number of carbonyl (C=O) groups is 2. The lowest BCUT2D eigenvalue weighted by atomic mass is 9.91. The van der Waals surface area contributed by atoms with Crippen molar-refractivity contribution in [3.63, 3.8) is 0 Å². The highest BCUT2D eigenvalue weighted by molar-refractivity contribution is 5.90. The second-order valence-electron chi connectivity index (χ2n) is 9.17. The number of hydrogen-bond acceptors (Lipinski definition) is 6. The molecule has 1 aliphatic carbocycles. The highest BCUT2D eigenvalue weighted by atomic mass is 16.6. The van der Waals surface area contributed by atoms with E-state index in [2.05, 4.69) is 0 Å². The van der Waals surface area contributed by atoms with Gasteiger partial charge in [0.2, 0.25) is 0 Å². The second-order valence-corrected chi connectivity index (χ2v) is 9.17. The number of ether oxygens (including phenoxy) is 3. The van der Waals surface area contributed by atoms with E-state index in [1.165, 1.54) is 0 Å². The van der Waals surface area contributed by atoms with Gasteiger partial charge in [-0.25, -0.2) is 4.79 Å². The maximum Gasteiger partial charge on any atom is 0.338 e. The lowest BCUT2D eigenvalue weighted by Gasteiger charge is -2.20. The predicted octanol–water partition coefficient (Wildman–Crippen LogP) is 4.83. The minimum absolute atomic E-state index is 0.0887. The van der Waals surface area contributed by atoms with Gasteiger partial charge >= 0.3 is 11.9 Å². The Morgan fingerprint density at radius 3 is 2.36 bits per heavy atom. The van der Waals surface area contributed by atoms with Crippen LogP contribution in [0.3, 0.4) is 0 Å². The topological polar surface area (TPSA) is 82.1 Å². The molecule has 1 aliphatic heterocycles. The zero-order chi connectivity index (χ0) is 24.9. The molecule has 6 nitrogen and oxygen atoms in total. The molecule has 0 amide bonds. The molecule has 3 aromatic carbocycles. The van der Waals surface area contributed by atoms with Gasteiger partial charge in [-0.15, -0.1) is 0 Å². The third-order valence-electron chi connectivity index (χ3n) is 6.76. The molecule has 2 fully saturated rings. The Labute approximate surface area is 210 Å². The summed E-state index contributed by atoms with van der Waals surface area (Å²) >= 11 is 0. The molecule has 36 heavy (non-hydrogen) atoms. The summed E-state index contributed by atoms with van der Waals surface area (Å²) in [5, 5.41) is 10.4.